The Morgan fingerprint density at radius 3 is 1.86 bits per heavy atom. The molecule has 0 aliphatic heterocycles. The molecule has 0 unspecified atom stereocenters. The van der Waals surface area contributed by atoms with E-state index >= 15 is 0 Å². The van der Waals surface area contributed by atoms with Crippen LogP contribution in [-0.4, -0.2) is 17.2 Å². The first-order chi connectivity index (χ1) is 10.8. The quantitative estimate of drug-likeness (QED) is 0.645. The van der Waals surface area contributed by atoms with Crippen LogP contribution in [0.5, 0.6) is 0 Å². The zero-order valence-electron chi connectivity index (χ0n) is 12.9. The number of Topliss-reactive ketones (excluding diaryl/α,β-unsaturated/α-hetero) is 1. The van der Waals surface area contributed by atoms with E-state index in [0.717, 1.165) is 19.6 Å². The lowest BCUT2D eigenvalue weighted by Crippen LogP contribution is -2.25. The topological polar surface area (TPSA) is 20.3 Å². The van der Waals surface area contributed by atoms with Crippen LogP contribution in [0.1, 0.15) is 24.0 Å². The Balaban J connectivity index is 1.99. The fourth-order valence-corrected chi connectivity index (χ4v) is 2.44. The summed E-state index contributed by atoms with van der Waals surface area (Å²) in [6.07, 6.45) is 2.72. The van der Waals surface area contributed by atoms with Crippen LogP contribution in [0.2, 0.25) is 0 Å². The fraction of sp³-hybridized carbons (Fsp3) is 0.250. The lowest BCUT2D eigenvalue weighted by atomic mass is 10.1. The molecule has 2 heteroatoms. The van der Waals surface area contributed by atoms with Gasteiger partial charge in [-0.25, -0.2) is 0 Å². The minimum absolute atomic E-state index is 0.251. The molecule has 0 amide bonds. The first-order valence-electron chi connectivity index (χ1n) is 7.70. The maximum absolute atomic E-state index is 11.8. The van der Waals surface area contributed by atoms with Gasteiger partial charge in [-0.05, 0) is 11.1 Å². The molecule has 2 aromatic carbocycles. The van der Waals surface area contributed by atoms with Crippen LogP contribution in [-0.2, 0) is 17.9 Å². The third kappa shape index (κ3) is 5.66. The van der Waals surface area contributed by atoms with Gasteiger partial charge in [0.25, 0.3) is 0 Å². The van der Waals surface area contributed by atoms with Gasteiger partial charge in [0.15, 0.2) is 0 Å². The molecule has 114 valence electrons. The molecule has 2 nitrogen and oxygen atoms in total. The summed E-state index contributed by atoms with van der Waals surface area (Å²) in [5, 5.41) is 0. The van der Waals surface area contributed by atoms with E-state index in [1.54, 1.807) is 6.08 Å². The molecule has 0 N–H and O–H groups in total. The molecule has 0 aliphatic rings. The van der Waals surface area contributed by atoms with Gasteiger partial charge < -0.3 is 0 Å². The number of hydrogen-bond donors (Lipinski definition) is 0. The van der Waals surface area contributed by atoms with Gasteiger partial charge in [-0.15, -0.1) is 6.58 Å². The van der Waals surface area contributed by atoms with Crippen molar-refractivity contribution in [3.63, 3.8) is 0 Å². The number of allylic oxidation sites excluding steroid dienone is 1. The van der Waals surface area contributed by atoms with Gasteiger partial charge >= 0.3 is 0 Å². The molecule has 0 spiro atoms. The van der Waals surface area contributed by atoms with Gasteiger partial charge in [-0.2, -0.15) is 0 Å². The summed E-state index contributed by atoms with van der Waals surface area (Å²) in [6, 6.07) is 20.8. The number of carbonyl (C=O) groups excluding carboxylic acids is 1. The molecule has 22 heavy (non-hydrogen) atoms. The summed E-state index contributed by atoms with van der Waals surface area (Å²) >= 11 is 0. The van der Waals surface area contributed by atoms with E-state index in [1.807, 2.05) is 12.1 Å². The zero-order chi connectivity index (χ0) is 15.6. The van der Waals surface area contributed by atoms with E-state index in [1.165, 1.54) is 11.1 Å². The smallest absolute Gasteiger partial charge is 0.137 e. The standard InChI is InChI=1S/C20H23NO/c1-2-9-20(22)14-15-21(16-18-10-5-3-6-11-18)17-19-12-7-4-8-13-19/h2-8,10-13H,1,9,14-17H2. The van der Waals surface area contributed by atoms with Crippen LogP contribution in [0.25, 0.3) is 0 Å². The maximum atomic E-state index is 11.8. The van der Waals surface area contributed by atoms with E-state index in [4.69, 9.17) is 0 Å². The number of hydrogen-bond acceptors (Lipinski definition) is 2. The fourth-order valence-electron chi connectivity index (χ4n) is 2.44. The number of ketones is 1. The average molecular weight is 293 g/mol. The highest BCUT2D eigenvalue weighted by Gasteiger charge is 2.09. The molecule has 0 aromatic heterocycles. The summed E-state index contributed by atoms with van der Waals surface area (Å²) in [5.41, 5.74) is 2.55. The van der Waals surface area contributed by atoms with E-state index in [0.29, 0.717) is 12.8 Å². The Morgan fingerprint density at radius 2 is 1.41 bits per heavy atom. The number of rotatable bonds is 9. The third-order valence-electron chi connectivity index (χ3n) is 3.58. The SMILES string of the molecule is C=CCC(=O)CCN(Cc1ccccc1)Cc1ccccc1. The number of carbonyl (C=O) groups is 1. The van der Waals surface area contributed by atoms with Crippen LogP contribution in [0.3, 0.4) is 0 Å². The van der Waals surface area contributed by atoms with Crippen molar-refractivity contribution < 1.29 is 4.79 Å². The molecule has 0 atom stereocenters. The van der Waals surface area contributed by atoms with E-state index < -0.39 is 0 Å². The highest BCUT2D eigenvalue weighted by molar-refractivity contribution is 5.79. The Morgan fingerprint density at radius 1 is 0.909 bits per heavy atom. The molecular formula is C20H23NO. The van der Waals surface area contributed by atoms with Crippen LogP contribution < -0.4 is 0 Å². The third-order valence-corrected chi connectivity index (χ3v) is 3.58. The largest absolute Gasteiger partial charge is 0.299 e. The summed E-state index contributed by atoms with van der Waals surface area (Å²) in [4.78, 5) is 14.1. The summed E-state index contributed by atoms with van der Waals surface area (Å²) in [7, 11) is 0. The van der Waals surface area contributed by atoms with Crippen LogP contribution in [0.4, 0.5) is 0 Å². The molecule has 0 saturated carbocycles. The molecule has 0 bridgehead atoms. The molecular weight excluding hydrogens is 270 g/mol. The van der Waals surface area contributed by atoms with Crippen LogP contribution >= 0.6 is 0 Å². The molecule has 0 saturated heterocycles. The minimum atomic E-state index is 0.251. The Labute approximate surface area is 133 Å². The highest BCUT2D eigenvalue weighted by Crippen LogP contribution is 2.11. The molecule has 2 rings (SSSR count). The summed E-state index contributed by atoms with van der Waals surface area (Å²) < 4.78 is 0. The van der Waals surface area contributed by atoms with Crippen LogP contribution in [0.15, 0.2) is 73.3 Å². The lowest BCUT2D eigenvalue weighted by molar-refractivity contribution is -0.118. The van der Waals surface area contributed by atoms with Crippen molar-refractivity contribution in [3.8, 4) is 0 Å². The second kappa shape index (κ2) is 8.96. The van der Waals surface area contributed by atoms with Crippen molar-refractivity contribution in [2.24, 2.45) is 0 Å². The Hall–Kier alpha value is -2.19. The van der Waals surface area contributed by atoms with E-state index in [2.05, 4.69) is 60.0 Å². The predicted molar refractivity (Wildman–Crippen MR) is 91.4 cm³/mol. The van der Waals surface area contributed by atoms with Crippen molar-refractivity contribution in [1.82, 2.24) is 4.90 Å². The van der Waals surface area contributed by atoms with Crippen LogP contribution in [0, 0.1) is 0 Å². The summed E-state index contributed by atoms with van der Waals surface area (Å²) in [5.74, 6) is 0.251. The second-order valence-electron chi connectivity index (χ2n) is 5.46. The van der Waals surface area contributed by atoms with Gasteiger partial charge in [0.2, 0.25) is 0 Å². The first kappa shape index (κ1) is 16.2. The second-order valence-corrected chi connectivity index (χ2v) is 5.46. The zero-order valence-corrected chi connectivity index (χ0v) is 12.9. The van der Waals surface area contributed by atoms with Crippen molar-refractivity contribution in [2.45, 2.75) is 25.9 Å². The van der Waals surface area contributed by atoms with Gasteiger partial charge in [-0.3, -0.25) is 9.69 Å². The van der Waals surface area contributed by atoms with Gasteiger partial charge in [0, 0.05) is 32.5 Å². The summed E-state index contributed by atoms with van der Waals surface area (Å²) in [6.45, 7) is 6.12. The van der Waals surface area contributed by atoms with Gasteiger partial charge in [0.05, 0.1) is 0 Å². The lowest BCUT2D eigenvalue weighted by Gasteiger charge is -2.22. The average Bonchev–Trinajstić information content (AvgIpc) is 2.55. The Kier molecular flexibility index (Phi) is 6.59. The van der Waals surface area contributed by atoms with Crippen molar-refractivity contribution in [2.75, 3.05) is 6.54 Å². The number of nitrogens with zero attached hydrogens (tertiary/aromatic N) is 1. The minimum Gasteiger partial charge on any atom is -0.299 e. The first-order valence-corrected chi connectivity index (χ1v) is 7.70. The van der Waals surface area contributed by atoms with Gasteiger partial charge in [-0.1, -0.05) is 66.7 Å². The van der Waals surface area contributed by atoms with Crippen molar-refractivity contribution in [1.29, 1.82) is 0 Å². The van der Waals surface area contributed by atoms with Gasteiger partial charge in [0.1, 0.15) is 5.78 Å². The van der Waals surface area contributed by atoms with Crippen molar-refractivity contribution in [3.05, 3.63) is 84.4 Å². The van der Waals surface area contributed by atoms with E-state index in [-0.39, 0.29) is 5.78 Å². The van der Waals surface area contributed by atoms with Crippen molar-refractivity contribution >= 4 is 5.78 Å². The molecule has 0 heterocycles. The molecule has 2 aromatic rings. The van der Waals surface area contributed by atoms with E-state index in [9.17, 15) is 4.79 Å². The Bertz CT molecular complexity index is 536. The molecule has 0 radical (unpaired) electrons. The maximum Gasteiger partial charge on any atom is 0.137 e. The molecule has 0 fully saturated rings. The molecule has 0 aliphatic carbocycles. The monoisotopic (exact) mass is 293 g/mol. The normalized spacial score (nSPS) is 10.6. The highest BCUT2D eigenvalue weighted by atomic mass is 16.1. The predicted octanol–water partition coefficient (Wildman–Crippen LogP) is 4.22. The number of benzene rings is 2.